The first-order valence-electron chi connectivity index (χ1n) is 19.8. The maximum Gasteiger partial charge on any atom is 0.460 e. The van der Waals surface area contributed by atoms with Gasteiger partial charge in [0.25, 0.3) is 0 Å². The third-order valence-corrected chi connectivity index (χ3v) is 16.1. The number of ether oxygens (including phenoxy) is 3. The zero-order valence-electron chi connectivity index (χ0n) is 36.3. The molecule has 0 aliphatic carbocycles. The van der Waals surface area contributed by atoms with E-state index in [1.807, 2.05) is 0 Å². The lowest BCUT2D eigenvalue weighted by Crippen LogP contribution is -2.74. The van der Waals surface area contributed by atoms with Gasteiger partial charge in [0, 0.05) is 24.5 Å². The van der Waals surface area contributed by atoms with Crippen molar-refractivity contribution in [3.8, 4) is 5.75 Å². The van der Waals surface area contributed by atoms with Crippen molar-refractivity contribution in [3.63, 3.8) is 0 Å². The van der Waals surface area contributed by atoms with E-state index in [0.717, 1.165) is 18.2 Å². The topological polar surface area (TPSA) is 83.1 Å². The number of anilines is 1. The standard InChI is InChI=1S/C41H44F19NO6Si/c1-7-64-31(62)11-9-8-10-25(6)32(67-33(63)61-30-17-14-27(42)22-29(30)43)26-12-15-28(16-13-26)65-19-20-66-68(23(2)3,24(4)5)21-18-34(44,45)35(46,47)36(48,49)37(50,51)38(52,53)39(54,55)40(56,57)41(58,59)60/h8-17,22-25,32H,7,18-21H2,1-6H3,(H,61,63)/b10-8+,11-9+/t25-,32-/m0/s1. The van der Waals surface area contributed by atoms with Crippen molar-refractivity contribution in [2.45, 2.75) is 119 Å². The molecule has 0 unspecified atom stereocenters. The molecule has 0 saturated carbocycles. The van der Waals surface area contributed by atoms with Gasteiger partial charge in [0.2, 0.25) is 0 Å². The molecule has 0 spiro atoms. The first-order valence-corrected chi connectivity index (χ1v) is 22.1. The maximum atomic E-state index is 15.0. The fraction of sp³-hybridized carbons (Fsp3) is 0.561. The molecule has 2 aromatic rings. The second kappa shape index (κ2) is 21.9. The lowest BCUT2D eigenvalue weighted by molar-refractivity contribution is -0.461. The number of halogens is 19. The van der Waals surface area contributed by atoms with Crippen LogP contribution in [0.1, 0.15) is 59.6 Å². The largest absolute Gasteiger partial charge is 0.491 e. The Kier molecular flexibility index (Phi) is 19.2. The van der Waals surface area contributed by atoms with Gasteiger partial charge in [-0.05, 0) is 53.9 Å². The van der Waals surface area contributed by atoms with Crippen LogP contribution in [0.5, 0.6) is 5.75 Å². The summed E-state index contributed by atoms with van der Waals surface area (Å²) in [6.45, 7) is 7.36. The Morgan fingerprint density at radius 3 is 1.68 bits per heavy atom. The van der Waals surface area contributed by atoms with Crippen LogP contribution >= 0.6 is 0 Å². The van der Waals surface area contributed by atoms with Crippen LogP contribution in [0.15, 0.2) is 66.8 Å². The van der Waals surface area contributed by atoms with Crippen molar-refractivity contribution in [1.82, 2.24) is 0 Å². The fourth-order valence-corrected chi connectivity index (χ4v) is 11.0. The van der Waals surface area contributed by atoms with Crippen LogP contribution in [-0.2, 0) is 18.7 Å². The van der Waals surface area contributed by atoms with Gasteiger partial charge < -0.3 is 18.6 Å². The summed E-state index contributed by atoms with van der Waals surface area (Å²) in [5.74, 6) is -60.4. The summed E-state index contributed by atoms with van der Waals surface area (Å²) in [5.41, 5.74) is -2.01. The van der Waals surface area contributed by atoms with Crippen LogP contribution in [0, 0.1) is 17.6 Å². The minimum atomic E-state index is -8.72. The molecule has 1 amide bonds. The first kappa shape index (κ1) is 59.4. The van der Waals surface area contributed by atoms with Crippen LogP contribution in [-0.4, -0.2) is 87.8 Å². The lowest BCUT2D eigenvalue weighted by atomic mass is 9.88. The van der Waals surface area contributed by atoms with E-state index in [1.54, 1.807) is 13.8 Å². The summed E-state index contributed by atoms with van der Waals surface area (Å²) in [6.07, 6.45) is -7.43. The van der Waals surface area contributed by atoms with E-state index < -0.39 is 134 Å². The molecule has 0 heterocycles. The molecule has 2 atom stereocenters. The average molecular weight is 1040 g/mol. The molecule has 68 heavy (non-hydrogen) atoms. The Hall–Kier alpha value is -4.69. The number of rotatable bonds is 24. The van der Waals surface area contributed by atoms with Crippen molar-refractivity contribution in [3.05, 3.63) is 84.0 Å². The van der Waals surface area contributed by atoms with Crippen molar-refractivity contribution >= 4 is 26.1 Å². The number of allylic oxidation sites excluding steroid dienone is 2. The van der Waals surface area contributed by atoms with E-state index in [2.05, 4.69) is 5.32 Å². The SMILES string of the molecule is CCOC(=O)/C=C/C=C/[C@H](C)[C@H](OC(=O)Nc1ccc(F)cc1F)c1ccc(OCCO[Si](CCC(F)(F)C(F)(F)C(F)(F)C(F)(F)C(F)(F)C(F)(F)C(F)(F)C(F)(F)F)(C(C)C)C(C)C)cc1. The number of hydrogen-bond acceptors (Lipinski definition) is 6. The summed E-state index contributed by atoms with van der Waals surface area (Å²) in [5, 5.41) is 2.13. The van der Waals surface area contributed by atoms with Gasteiger partial charge in [-0.2, -0.15) is 74.6 Å². The fourth-order valence-electron chi connectivity index (χ4n) is 6.49. The van der Waals surface area contributed by atoms with Crippen molar-refractivity contribution < 1.29 is 112 Å². The highest BCUT2D eigenvalue weighted by atomic mass is 28.4. The predicted molar refractivity (Wildman–Crippen MR) is 207 cm³/mol. The molecule has 0 bridgehead atoms. The van der Waals surface area contributed by atoms with Gasteiger partial charge in [-0.3, -0.25) is 5.32 Å². The highest BCUT2D eigenvalue weighted by molar-refractivity contribution is 6.76. The molecule has 2 aromatic carbocycles. The van der Waals surface area contributed by atoms with Crippen molar-refractivity contribution in [2.24, 2.45) is 5.92 Å². The molecule has 0 radical (unpaired) electrons. The smallest absolute Gasteiger partial charge is 0.460 e. The lowest BCUT2D eigenvalue weighted by Gasteiger charge is -2.44. The van der Waals surface area contributed by atoms with Crippen LogP contribution in [0.2, 0.25) is 17.1 Å². The molecule has 0 saturated heterocycles. The minimum absolute atomic E-state index is 0.0422. The Bertz CT molecular complexity index is 2050. The van der Waals surface area contributed by atoms with Gasteiger partial charge in [0.05, 0.1) is 18.9 Å². The molecule has 7 nitrogen and oxygen atoms in total. The highest BCUT2D eigenvalue weighted by Crippen LogP contribution is 2.64. The van der Waals surface area contributed by atoms with E-state index in [4.69, 9.17) is 18.6 Å². The van der Waals surface area contributed by atoms with E-state index >= 15 is 8.78 Å². The van der Waals surface area contributed by atoms with Gasteiger partial charge in [0.15, 0.2) is 8.32 Å². The van der Waals surface area contributed by atoms with E-state index in [-0.39, 0.29) is 17.9 Å². The minimum Gasteiger partial charge on any atom is -0.491 e. The Labute approximate surface area is 377 Å². The van der Waals surface area contributed by atoms with Crippen LogP contribution in [0.4, 0.5) is 93.9 Å². The monoisotopic (exact) mass is 1040 g/mol. The Morgan fingerprint density at radius 1 is 0.676 bits per heavy atom. The second-order valence-electron chi connectivity index (χ2n) is 15.6. The highest BCUT2D eigenvalue weighted by Gasteiger charge is 2.95. The number of amides is 1. The summed E-state index contributed by atoms with van der Waals surface area (Å²) in [7, 11) is -4.06. The number of nitrogens with one attached hydrogen (secondary N) is 1. The zero-order chi connectivity index (χ0) is 52.7. The molecule has 1 N–H and O–H groups in total. The number of hydrogen-bond donors (Lipinski definition) is 1. The number of esters is 1. The van der Waals surface area contributed by atoms with Crippen LogP contribution < -0.4 is 10.1 Å². The third-order valence-electron chi connectivity index (χ3n) is 10.4. The Morgan fingerprint density at radius 2 is 1.19 bits per heavy atom. The molecule has 0 fully saturated rings. The van der Waals surface area contributed by atoms with Gasteiger partial charge in [-0.15, -0.1) is 0 Å². The van der Waals surface area contributed by atoms with Crippen molar-refractivity contribution in [2.75, 3.05) is 25.1 Å². The summed E-state index contributed by atoms with van der Waals surface area (Å²) in [6, 6.07) is 6.33. The number of carbonyl (C=O) groups excluding carboxylic acids is 2. The van der Waals surface area contributed by atoms with Gasteiger partial charge in [0.1, 0.15) is 30.1 Å². The molecular weight excluding hydrogens is 992 g/mol. The van der Waals surface area contributed by atoms with E-state index in [0.29, 0.717) is 6.07 Å². The van der Waals surface area contributed by atoms with Crippen molar-refractivity contribution in [1.29, 1.82) is 0 Å². The van der Waals surface area contributed by atoms with Crippen LogP contribution in [0.25, 0.3) is 0 Å². The third kappa shape index (κ3) is 12.4. The average Bonchev–Trinajstić information content (AvgIpc) is 3.21. The van der Waals surface area contributed by atoms with Crippen LogP contribution in [0.3, 0.4) is 0 Å². The van der Waals surface area contributed by atoms with E-state index in [9.17, 15) is 84.2 Å². The maximum absolute atomic E-state index is 15.0. The molecule has 386 valence electrons. The number of benzene rings is 2. The molecule has 0 aliphatic heterocycles. The zero-order valence-corrected chi connectivity index (χ0v) is 37.3. The summed E-state index contributed by atoms with van der Waals surface area (Å²) < 4.78 is 285. The molecule has 0 aliphatic rings. The Balaban J connectivity index is 2.32. The van der Waals surface area contributed by atoms with Gasteiger partial charge in [-0.25, -0.2) is 18.4 Å². The summed E-state index contributed by atoms with van der Waals surface area (Å²) in [4.78, 5) is 24.5. The van der Waals surface area contributed by atoms with Gasteiger partial charge >= 0.3 is 59.7 Å². The molecule has 0 aromatic heterocycles. The molecule has 2 rings (SSSR count). The molecular formula is C41H44F19NO6Si. The second-order valence-corrected chi connectivity index (χ2v) is 20.6. The predicted octanol–water partition coefficient (Wildman–Crippen LogP) is 14.1. The normalized spacial score (nSPS) is 15.0. The number of alkyl halides is 17. The molecule has 27 heteroatoms. The first-order chi connectivity index (χ1) is 30.8. The van der Waals surface area contributed by atoms with E-state index in [1.165, 1.54) is 70.2 Å². The number of carbonyl (C=O) groups is 2. The van der Waals surface area contributed by atoms with Gasteiger partial charge in [-0.1, -0.05) is 65.0 Å². The summed E-state index contributed by atoms with van der Waals surface area (Å²) >= 11 is 0. The quantitative estimate of drug-likeness (QED) is 0.0282.